The van der Waals surface area contributed by atoms with Gasteiger partial charge >= 0.3 is 0 Å². The van der Waals surface area contributed by atoms with Gasteiger partial charge in [-0.05, 0) is 19.8 Å². The number of anilines is 1. The lowest BCUT2D eigenvalue weighted by Crippen LogP contribution is -2.41. The third kappa shape index (κ3) is 2.22. The molecule has 0 radical (unpaired) electrons. The van der Waals surface area contributed by atoms with Gasteiger partial charge in [0.15, 0.2) is 5.82 Å². The minimum absolute atomic E-state index is 0.476. The van der Waals surface area contributed by atoms with Crippen LogP contribution in [-0.4, -0.2) is 37.5 Å². The average Bonchev–Trinajstić information content (AvgIpc) is 2.80. The molecule has 1 fully saturated rings. The monoisotopic (exact) mass is 323 g/mol. The zero-order valence-corrected chi connectivity index (χ0v) is 12.8. The quantitative estimate of drug-likeness (QED) is 0.797. The third-order valence-corrected chi connectivity index (χ3v) is 5.03. The van der Waals surface area contributed by atoms with Crippen LogP contribution in [0, 0.1) is 6.92 Å². The Morgan fingerprint density at radius 3 is 2.89 bits per heavy atom. The molecule has 0 N–H and O–H groups in total. The molecule has 0 saturated heterocycles. The standard InChI is InChI=1S/C13H18BrN5/c1-9-16-17-13-12(15-7-8-19(9)13)18(2)11-6-4-3-5-10(11)14/h7-8,10-11H,3-6H2,1-2H3. The molecule has 0 aromatic carbocycles. The first kappa shape index (κ1) is 12.8. The zero-order valence-electron chi connectivity index (χ0n) is 11.3. The fraction of sp³-hybridized carbons (Fsp3) is 0.615. The normalized spacial score (nSPS) is 23.7. The second kappa shape index (κ2) is 5.07. The van der Waals surface area contributed by atoms with E-state index in [4.69, 9.17) is 0 Å². The van der Waals surface area contributed by atoms with Gasteiger partial charge in [0.25, 0.3) is 0 Å². The molecule has 6 heteroatoms. The van der Waals surface area contributed by atoms with Crippen LogP contribution in [0.5, 0.6) is 0 Å². The van der Waals surface area contributed by atoms with E-state index in [-0.39, 0.29) is 0 Å². The highest BCUT2D eigenvalue weighted by atomic mass is 79.9. The molecule has 0 bridgehead atoms. The molecule has 19 heavy (non-hydrogen) atoms. The van der Waals surface area contributed by atoms with Crippen LogP contribution in [0.4, 0.5) is 5.82 Å². The Labute approximate surface area is 121 Å². The van der Waals surface area contributed by atoms with Gasteiger partial charge in [0.1, 0.15) is 5.82 Å². The summed E-state index contributed by atoms with van der Waals surface area (Å²) in [5.74, 6) is 1.81. The van der Waals surface area contributed by atoms with Crippen LogP contribution >= 0.6 is 15.9 Å². The summed E-state index contributed by atoms with van der Waals surface area (Å²) in [6, 6.07) is 0.476. The number of halogens is 1. The summed E-state index contributed by atoms with van der Waals surface area (Å²) < 4.78 is 1.99. The van der Waals surface area contributed by atoms with E-state index in [0.717, 1.165) is 17.3 Å². The minimum Gasteiger partial charge on any atom is -0.352 e. The van der Waals surface area contributed by atoms with Crippen molar-refractivity contribution in [2.45, 2.75) is 43.5 Å². The second-order valence-corrected chi connectivity index (χ2v) is 6.35. The lowest BCUT2D eigenvalue weighted by Gasteiger charge is -2.35. The molecule has 0 spiro atoms. The molecule has 1 aliphatic rings. The molecule has 1 saturated carbocycles. The molecule has 3 rings (SSSR count). The number of hydrogen-bond acceptors (Lipinski definition) is 4. The lowest BCUT2D eigenvalue weighted by atomic mass is 9.94. The van der Waals surface area contributed by atoms with Gasteiger partial charge in [-0.2, -0.15) is 0 Å². The molecule has 0 amide bonds. The summed E-state index contributed by atoms with van der Waals surface area (Å²) in [6.45, 7) is 1.96. The fourth-order valence-corrected chi connectivity index (χ4v) is 3.78. The van der Waals surface area contributed by atoms with Crippen molar-refractivity contribution >= 4 is 27.4 Å². The lowest BCUT2D eigenvalue weighted by molar-refractivity contribution is 0.442. The van der Waals surface area contributed by atoms with Gasteiger partial charge in [-0.1, -0.05) is 28.8 Å². The third-order valence-electron chi connectivity index (χ3n) is 3.96. The van der Waals surface area contributed by atoms with Crippen molar-refractivity contribution < 1.29 is 0 Å². The van der Waals surface area contributed by atoms with E-state index in [1.807, 2.05) is 23.7 Å². The summed E-state index contributed by atoms with van der Waals surface area (Å²) in [7, 11) is 2.11. The molecule has 5 nitrogen and oxygen atoms in total. The number of hydrogen-bond donors (Lipinski definition) is 0. The van der Waals surface area contributed by atoms with Crippen LogP contribution in [0.3, 0.4) is 0 Å². The Kier molecular flexibility index (Phi) is 3.43. The summed E-state index contributed by atoms with van der Waals surface area (Å²) in [5, 5.41) is 8.39. The van der Waals surface area contributed by atoms with Gasteiger partial charge in [-0.15, -0.1) is 10.2 Å². The topological polar surface area (TPSA) is 46.3 Å². The van der Waals surface area contributed by atoms with E-state index in [1.165, 1.54) is 25.7 Å². The largest absolute Gasteiger partial charge is 0.352 e. The Balaban J connectivity index is 1.99. The number of aromatic nitrogens is 4. The van der Waals surface area contributed by atoms with Crippen LogP contribution in [-0.2, 0) is 0 Å². The van der Waals surface area contributed by atoms with E-state index in [1.54, 1.807) is 0 Å². The van der Waals surface area contributed by atoms with Crippen molar-refractivity contribution in [3.8, 4) is 0 Å². The molecule has 2 heterocycles. The van der Waals surface area contributed by atoms with Gasteiger partial charge < -0.3 is 4.90 Å². The summed E-state index contributed by atoms with van der Waals surface area (Å²) in [4.78, 5) is 7.29. The Morgan fingerprint density at radius 2 is 2.11 bits per heavy atom. The van der Waals surface area contributed by atoms with E-state index in [0.29, 0.717) is 10.9 Å². The molecular weight excluding hydrogens is 306 g/mol. The second-order valence-electron chi connectivity index (χ2n) is 5.17. The Hall–Kier alpha value is -1.17. The Bertz CT molecular complexity index is 581. The van der Waals surface area contributed by atoms with E-state index in [2.05, 4.69) is 43.1 Å². The Morgan fingerprint density at radius 1 is 1.32 bits per heavy atom. The summed E-state index contributed by atoms with van der Waals surface area (Å²) >= 11 is 3.81. The van der Waals surface area contributed by atoms with Gasteiger partial charge in [0.05, 0.1) is 0 Å². The maximum absolute atomic E-state index is 4.51. The van der Waals surface area contributed by atoms with E-state index >= 15 is 0 Å². The zero-order chi connectivity index (χ0) is 13.4. The molecule has 2 atom stereocenters. The smallest absolute Gasteiger partial charge is 0.203 e. The maximum atomic E-state index is 4.51. The van der Waals surface area contributed by atoms with Crippen LogP contribution in [0.25, 0.3) is 5.65 Å². The molecule has 102 valence electrons. The summed E-state index contributed by atoms with van der Waals surface area (Å²) in [6.07, 6.45) is 8.75. The SMILES string of the molecule is Cc1nnc2c(N(C)C3CCCCC3Br)nccn12. The average molecular weight is 324 g/mol. The molecule has 2 aromatic heterocycles. The predicted molar refractivity (Wildman–Crippen MR) is 78.9 cm³/mol. The van der Waals surface area contributed by atoms with Crippen LogP contribution in [0.15, 0.2) is 12.4 Å². The van der Waals surface area contributed by atoms with Crippen LogP contribution in [0.2, 0.25) is 0 Å². The predicted octanol–water partition coefficient (Wildman–Crippen LogP) is 2.58. The summed E-state index contributed by atoms with van der Waals surface area (Å²) in [5.41, 5.74) is 0.841. The van der Waals surface area contributed by atoms with Crippen molar-refractivity contribution in [2.24, 2.45) is 0 Å². The molecule has 2 aromatic rings. The maximum Gasteiger partial charge on any atom is 0.203 e. The molecule has 0 aliphatic heterocycles. The van der Waals surface area contributed by atoms with Crippen LogP contribution < -0.4 is 4.90 Å². The first-order valence-corrected chi connectivity index (χ1v) is 7.63. The van der Waals surface area contributed by atoms with Gasteiger partial charge in [-0.25, -0.2) is 4.98 Å². The fourth-order valence-electron chi connectivity index (χ4n) is 2.84. The van der Waals surface area contributed by atoms with Crippen molar-refractivity contribution in [1.82, 2.24) is 19.6 Å². The number of alkyl halides is 1. The number of nitrogens with zero attached hydrogens (tertiary/aromatic N) is 5. The van der Waals surface area contributed by atoms with Crippen molar-refractivity contribution in [1.29, 1.82) is 0 Å². The highest BCUT2D eigenvalue weighted by Crippen LogP contribution is 2.31. The minimum atomic E-state index is 0.476. The number of aryl methyl sites for hydroxylation is 1. The highest BCUT2D eigenvalue weighted by Gasteiger charge is 2.28. The first-order chi connectivity index (χ1) is 9.18. The van der Waals surface area contributed by atoms with Crippen molar-refractivity contribution in [3.63, 3.8) is 0 Å². The molecule has 2 unspecified atom stereocenters. The van der Waals surface area contributed by atoms with Crippen molar-refractivity contribution in [3.05, 3.63) is 18.2 Å². The van der Waals surface area contributed by atoms with E-state index < -0.39 is 0 Å². The van der Waals surface area contributed by atoms with Gasteiger partial charge in [-0.3, -0.25) is 4.40 Å². The van der Waals surface area contributed by atoms with E-state index in [9.17, 15) is 0 Å². The highest BCUT2D eigenvalue weighted by molar-refractivity contribution is 9.09. The number of rotatable bonds is 2. The van der Waals surface area contributed by atoms with Gasteiger partial charge in [0, 0.05) is 30.3 Å². The first-order valence-electron chi connectivity index (χ1n) is 6.71. The van der Waals surface area contributed by atoms with Gasteiger partial charge in [0.2, 0.25) is 5.65 Å². The molecular formula is C13H18BrN5. The number of fused-ring (bicyclic) bond motifs is 1. The molecule has 1 aliphatic carbocycles. The van der Waals surface area contributed by atoms with Crippen LogP contribution in [0.1, 0.15) is 31.5 Å². The van der Waals surface area contributed by atoms with Crippen molar-refractivity contribution in [2.75, 3.05) is 11.9 Å².